The van der Waals surface area contributed by atoms with E-state index in [1.807, 2.05) is 19.1 Å². The molecule has 4 heteroatoms. The van der Waals surface area contributed by atoms with Crippen molar-refractivity contribution in [3.63, 3.8) is 0 Å². The lowest BCUT2D eigenvalue weighted by Gasteiger charge is -2.13. The number of nitrogens with one attached hydrogen (secondary N) is 1. The largest absolute Gasteiger partial charge is 0.352 e. The zero-order valence-corrected chi connectivity index (χ0v) is 12.5. The third-order valence-corrected chi connectivity index (χ3v) is 3.58. The topological polar surface area (TPSA) is 29.9 Å². The number of hydrogen-bond acceptors (Lipinski definition) is 2. The van der Waals surface area contributed by atoms with Crippen LogP contribution in [0.1, 0.15) is 31.1 Å². The fraction of sp³-hybridized carbons (Fsp3) is 0.357. The fourth-order valence-electron chi connectivity index (χ4n) is 1.86. The molecule has 2 rings (SSSR count). The van der Waals surface area contributed by atoms with Gasteiger partial charge in [0.1, 0.15) is 0 Å². The number of hydrogen-bond donors (Lipinski definition) is 1. The smallest absolute Gasteiger partial charge is 0.203 e. The molecule has 0 amide bonds. The minimum absolute atomic E-state index is 0.410. The maximum absolute atomic E-state index is 4.51. The number of aryl methyl sites for hydroxylation is 1. The molecule has 1 heterocycles. The minimum atomic E-state index is 0.410. The Morgan fingerprint density at radius 3 is 2.72 bits per heavy atom. The van der Waals surface area contributed by atoms with Crippen LogP contribution in [0.2, 0.25) is 0 Å². The second-order valence-corrected chi connectivity index (χ2v) is 5.51. The van der Waals surface area contributed by atoms with Crippen LogP contribution >= 0.6 is 15.9 Å². The van der Waals surface area contributed by atoms with Gasteiger partial charge in [0.05, 0.1) is 5.69 Å². The summed E-state index contributed by atoms with van der Waals surface area (Å²) in [4.78, 5) is 4.51. The monoisotopic (exact) mass is 307 g/mol. The molecule has 0 saturated carbocycles. The molecule has 2 aromatic rings. The molecule has 0 aliphatic carbocycles. The van der Waals surface area contributed by atoms with Crippen molar-refractivity contribution in [1.82, 2.24) is 9.55 Å². The van der Waals surface area contributed by atoms with Crippen LogP contribution in [0.15, 0.2) is 34.9 Å². The Balaban J connectivity index is 2.13. The van der Waals surface area contributed by atoms with Gasteiger partial charge in [-0.05, 0) is 32.4 Å². The van der Waals surface area contributed by atoms with Crippen LogP contribution in [0.25, 0.3) is 0 Å². The maximum Gasteiger partial charge on any atom is 0.203 e. The number of benzene rings is 1. The first-order valence-corrected chi connectivity index (χ1v) is 6.90. The third-order valence-electron chi connectivity index (χ3n) is 2.80. The highest BCUT2D eigenvalue weighted by molar-refractivity contribution is 9.10. The van der Waals surface area contributed by atoms with E-state index in [0.717, 1.165) is 22.7 Å². The summed E-state index contributed by atoms with van der Waals surface area (Å²) in [6, 6.07) is 8.63. The van der Waals surface area contributed by atoms with E-state index in [9.17, 15) is 0 Å². The Bertz CT molecular complexity index is 532. The van der Waals surface area contributed by atoms with E-state index in [-0.39, 0.29) is 0 Å². The zero-order chi connectivity index (χ0) is 13.1. The molecule has 0 aliphatic rings. The number of aromatic nitrogens is 2. The van der Waals surface area contributed by atoms with Crippen molar-refractivity contribution in [3.8, 4) is 0 Å². The van der Waals surface area contributed by atoms with Crippen LogP contribution in [0.3, 0.4) is 0 Å². The van der Waals surface area contributed by atoms with Gasteiger partial charge in [-0.1, -0.05) is 34.1 Å². The molecule has 3 nitrogen and oxygen atoms in total. The van der Waals surface area contributed by atoms with Gasteiger partial charge in [-0.15, -0.1) is 0 Å². The van der Waals surface area contributed by atoms with Crippen LogP contribution < -0.4 is 5.32 Å². The van der Waals surface area contributed by atoms with E-state index < -0.39 is 0 Å². The van der Waals surface area contributed by atoms with Gasteiger partial charge in [-0.25, -0.2) is 4.98 Å². The number of imidazole rings is 1. The molecule has 0 aliphatic heterocycles. The molecular formula is C14H18BrN3. The number of nitrogens with zero attached hydrogens (tertiary/aromatic N) is 2. The van der Waals surface area contributed by atoms with Gasteiger partial charge < -0.3 is 9.88 Å². The summed E-state index contributed by atoms with van der Waals surface area (Å²) in [5.41, 5.74) is 2.27. The summed E-state index contributed by atoms with van der Waals surface area (Å²) in [6.07, 6.45) is 2.08. The molecule has 18 heavy (non-hydrogen) atoms. The van der Waals surface area contributed by atoms with Crippen LogP contribution in [0, 0.1) is 6.92 Å². The normalized spacial score (nSPS) is 10.9. The highest BCUT2D eigenvalue weighted by atomic mass is 79.9. The molecule has 0 unspecified atom stereocenters. The second kappa shape index (κ2) is 5.57. The SMILES string of the molecule is Cc1cn(C(C)C)c(NCc2ccccc2Br)n1. The number of anilines is 1. The van der Waals surface area contributed by atoms with Crippen LogP contribution in [0.4, 0.5) is 5.95 Å². The van der Waals surface area contributed by atoms with Crippen molar-refractivity contribution in [2.75, 3.05) is 5.32 Å². The Kier molecular flexibility index (Phi) is 4.07. The lowest BCUT2D eigenvalue weighted by molar-refractivity contribution is 0.604. The predicted molar refractivity (Wildman–Crippen MR) is 78.8 cm³/mol. The fourth-order valence-corrected chi connectivity index (χ4v) is 2.28. The Morgan fingerprint density at radius 2 is 2.06 bits per heavy atom. The zero-order valence-electron chi connectivity index (χ0n) is 10.9. The van der Waals surface area contributed by atoms with Crippen molar-refractivity contribution < 1.29 is 0 Å². The molecule has 0 saturated heterocycles. The van der Waals surface area contributed by atoms with E-state index in [2.05, 4.69) is 63.0 Å². The molecule has 96 valence electrons. The summed E-state index contributed by atoms with van der Waals surface area (Å²) >= 11 is 3.56. The van der Waals surface area contributed by atoms with Gasteiger partial charge in [-0.2, -0.15) is 0 Å². The van der Waals surface area contributed by atoms with Gasteiger partial charge >= 0.3 is 0 Å². The van der Waals surface area contributed by atoms with Crippen LogP contribution in [-0.4, -0.2) is 9.55 Å². The third kappa shape index (κ3) is 2.93. The standard InChI is InChI=1S/C14H18BrN3/c1-10(2)18-9-11(3)17-14(18)16-8-12-6-4-5-7-13(12)15/h4-7,9-10H,8H2,1-3H3,(H,16,17). The van der Waals surface area contributed by atoms with Crippen molar-refractivity contribution in [2.45, 2.75) is 33.4 Å². The molecule has 1 aromatic carbocycles. The second-order valence-electron chi connectivity index (χ2n) is 4.65. The quantitative estimate of drug-likeness (QED) is 0.919. The first-order chi connectivity index (χ1) is 8.58. The maximum atomic E-state index is 4.51. The van der Waals surface area contributed by atoms with Crippen LogP contribution in [0.5, 0.6) is 0 Å². The van der Waals surface area contributed by atoms with Gasteiger partial charge in [0.2, 0.25) is 5.95 Å². The van der Waals surface area contributed by atoms with E-state index >= 15 is 0 Å². The van der Waals surface area contributed by atoms with Gasteiger partial charge in [0.25, 0.3) is 0 Å². The van der Waals surface area contributed by atoms with Crippen molar-refractivity contribution >= 4 is 21.9 Å². The molecule has 0 bridgehead atoms. The summed E-state index contributed by atoms with van der Waals surface area (Å²) in [5, 5.41) is 3.39. The molecule has 0 spiro atoms. The summed E-state index contributed by atoms with van der Waals surface area (Å²) < 4.78 is 3.28. The lowest BCUT2D eigenvalue weighted by atomic mass is 10.2. The predicted octanol–water partition coefficient (Wildman–Crippen LogP) is 4.15. The van der Waals surface area contributed by atoms with Gasteiger partial charge in [0, 0.05) is 23.3 Å². The Labute approximate surface area is 116 Å². The molecular weight excluding hydrogens is 290 g/mol. The Hall–Kier alpha value is -1.29. The molecule has 1 aromatic heterocycles. The molecule has 0 atom stereocenters. The first kappa shape index (κ1) is 13.1. The molecule has 0 radical (unpaired) electrons. The minimum Gasteiger partial charge on any atom is -0.352 e. The van der Waals surface area contributed by atoms with Crippen LogP contribution in [-0.2, 0) is 6.54 Å². The number of halogens is 1. The van der Waals surface area contributed by atoms with Gasteiger partial charge in [-0.3, -0.25) is 0 Å². The molecule has 1 N–H and O–H groups in total. The van der Waals surface area contributed by atoms with E-state index in [1.54, 1.807) is 0 Å². The number of rotatable bonds is 4. The summed E-state index contributed by atoms with van der Waals surface area (Å²) in [6.45, 7) is 7.10. The average molecular weight is 308 g/mol. The lowest BCUT2D eigenvalue weighted by Crippen LogP contribution is -2.09. The summed E-state index contributed by atoms with van der Waals surface area (Å²) in [7, 11) is 0. The van der Waals surface area contributed by atoms with E-state index in [1.165, 1.54) is 5.56 Å². The van der Waals surface area contributed by atoms with Crippen molar-refractivity contribution in [1.29, 1.82) is 0 Å². The average Bonchev–Trinajstić information content (AvgIpc) is 2.70. The van der Waals surface area contributed by atoms with E-state index in [4.69, 9.17) is 0 Å². The van der Waals surface area contributed by atoms with Crippen molar-refractivity contribution in [3.05, 3.63) is 46.2 Å². The van der Waals surface area contributed by atoms with Crippen molar-refractivity contribution in [2.24, 2.45) is 0 Å². The first-order valence-electron chi connectivity index (χ1n) is 6.10. The molecule has 0 fully saturated rings. The Morgan fingerprint density at radius 1 is 1.33 bits per heavy atom. The highest BCUT2D eigenvalue weighted by Crippen LogP contribution is 2.19. The van der Waals surface area contributed by atoms with Gasteiger partial charge in [0.15, 0.2) is 0 Å². The highest BCUT2D eigenvalue weighted by Gasteiger charge is 2.08. The summed E-state index contributed by atoms with van der Waals surface area (Å²) in [5.74, 6) is 0.929. The van der Waals surface area contributed by atoms with E-state index in [0.29, 0.717) is 6.04 Å².